The van der Waals surface area contributed by atoms with Crippen LogP contribution in [-0.4, -0.2) is 10.2 Å². The standard InChI is InChI=1S/C17H11F4N3/c18-13-6-5-10(17(19,20)21)8-14(13)22-16-12-7-9-3-1-2-4-11(9)15(12)23-24-16/h1-6,8H,7H2,(H2,22,23,24). The van der Waals surface area contributed by atoms with Crippen LogP contribution in [0, 0.1) is 5.82 Å². The monoisotopic (exact) mass is 333 g/mol. The first-order valence-corrected chi connectivity index (χ1v) is 7.23. The molecule has 0 unspecified atom stereocenters. The Morgan fingerprint density at radius 2 is 1.88 bits per heavy atom. The molecule has 0 saturated carbocycles. The number of rotatable bonds is 2. The molecule has 0 atom stereocenters. The molecule has 0 radical (unpaired) electrons. The number of aromatic nitrogens is 2. The van der Waals surface area contributed by atoms with Crippen molar-refractivity contribution in [3.8, 4) is 11.3 Å². The molecular formula is C17H11F4N3. The number of hydrogen-bond acceptors (Lipinski definition) is 2. The van der Waals surface area contributed by atoms with Crippen molar-refractivity contribution in [1.29, 1.82) is 0 Å². The summed E-state index contributed by atoms with van der Waals surface area (Å²) in [5.74, 6) is -0.435. The first-order valence-electron chi connectivity index (χ1n) is 7.23. The van der Waals surface area contributed by atoms with E-state index in [1.807, 2.05) is 24.3 Å². The number of nitrogens with zero attached hydrogens (tertiary/aromatic N) is 1. The molecule has 1 aliphatic carbocycles. The number of H-pyrrole nitrogens is 1. The summed E-state index contributed by atoms with van der Waals surface area (Å²) in [5.41, 5.74) is 2.54. The zero-order chi connectivity index (χ0) is 16.9. The number of anilines is 2. The third-order valence-electron chi connectivity index (χ3n) is 4.07. The molecule has 4 rings (SSSR count). The third kappa shape index (κ3) is 2.33. The number of fused-ring (bicyclic) bond motifs is 3. The van der Waals surface area contributed by atoms with Crippen molar-refractivity contribution < 1.29 is 17.6 Å². The molecule has 7 heteroatoms. The summed E-state index contributed by atoms with van der Waals surface area (Å²) in [6, 6.07) is 9.98. The lowest BCUT2D eigenvalue weighted by Crippen LogP contribution is -2.06. The number of benzene rings is 2. The number of aromatic amines is 1. The van der Waals surface area contributed by atoms with Crippen molar-refractivity contribution in [2.75, 3.05) is 5.32 Å². The van der Waals surface area contributed by atoms with Crippen LogP contribution in [0.5, 0.6) is 0 Å². The van der Waals surface area contributed by atoms with E-state index in [1.165, 1.54) is 0 Å². The fourth-order valence-electron chi connectivity index (χ4n) is 2.90. The quantitative estimate of drug-likeness (QED) is 0.513. The van der Waals surface area contributed by atoms with Crippen LogP contribution in [0.15, 0.2) is 42.5 Å². The van der Waals surface area contributed by atoms with Crippen molar-refractivity contribution in [2.45, 2.75) is 12.6 Å². The second kappa shape index (κ2) is 5.09. The van der Waals surface area contributed by atoms with Gasteiger partial charge < -0.3 is 5.32 Å². The lowest BCUT2D eigenvalue weighted by molar-refractivity contribution is -0.137. The van der Waals surface area contributed by atoms with E-state index in [0.29, 0.717) is 18.3 Å². The minimum absolute atomic E-state index is 0.255. The lowest BCUT2D eigenvalue weighted by atomic mass is 10.1. The Labute approximate surface area is 134 Å². The van der Waals surface area contributed by atoms with Gasteiger partial charge in [0, 0.05) is 17.5 Å². The topological polar surface area (TPSA) is 40.7 Å². The Bertz CT molecular complexity index is 928. The summed E-state index contributed by atoms with van der Waals surface area (Å²) in [6.07, 6.45) is -3.95. The van der Waals surface area contributed by atoms with Gasteiger partial charge in [-0.1, -0.05) is 24.3 Å². The van der Waals surface area contributed by atoms with Crippen LogP contribution in [0.4, 0.5) is 29.1 Å². The van der Waals surface area contributed by atoms with Gasteiger partial charge in [-0.3, -0.25) is 5.10 Å². The number of alkyl halides is 3. The van der Waals surface area contributed by atoms with Crippen LogP contribution in [0.3, 0.4) is 0 Å². The van der Waals surface area contributed by atoms with Crippen molar-refractivity contribution in [3.63, 3.8) is 0 Å². The Morgan fingerprint density at radius 1 is 1.08 bits per heavy atom. The molecule has 3 nitrogen and oxygen atoms in total. The summed E-state index contributed by atoms with van der Waals surface area (Å²) in [7, 11) is 0. The fraction of sp³-hybridized carbons (Fsp3) is 0.118. The fourth-order valence-corrected chi connectivity index (χ4v) is 2.90. The summed E-state index contributed by atoms with van der Waals surface area (Å²) < 4.78 is 52.3. The molecule has 1 aromatic heterocycles. The summed E-state index contributed by atoms with van der Waals surface area (Å²) in [6.45, 7) is 0. The Kier molecular flexibility index (Phi) is 3.13. The highest BCUT2D eigenvalue weighted by Crippen LogP contribution is 2.40. The van der Waals surface area contributed by atoms with Gasteiger partial charge in [-0.05, 0) is 23.8 Å². The van der Waals surface area contributed by atoms with Crippen LogP contribution in [0.25, 0.3) is 11.3 Å². The van der Waals surface area contributed by atoms with E-state index >= 15 is 0 Å². The van der Waals surface area contributed by atoms with Gasteiger partial charge in [0.05, 0.1) is 16.9 Å². The van der Waals surface area contributed by atoms with E-state index in [4.69, 9.17) is 0 Å². The van der Waals surface area contributed by atoms with E-state index in [0.717, 1.165) is 34.5 Å². The van der Waals surface area contributed by atoms with Gasteiger partial charge in [0.2, 0.25) is 0 Å². The zero-order valence-electron chi connectivity index (χ0n) is 12.2. The van der Waals surface area contributed by atoms with E-state index in [-0.39, 0.29) is 5.69 Å². The average molecular weight is 333 g/mol. The maximum Gasteiger partial charge on any atom is 0.416 e. The van der Waals surface area contributed by atoms with Crippen molar-refractivity contribution in [2.24, 2.45) is 0 Å². The summed E-state index contributed by atoms with van der Waals surface area (Å²) >= 11 is 0. The maximum atomic E-state index is 13.9. The third-order valence-corrected chi connectivity index (χ3v) is 4.07. The Balaban J connectivity index is 1.70. The smallest absolute Gasteiger partial charge is 0.336 e. The van der Waals surface area contributed by atoms with Gasteiger partial charge in [0.1, 0.15) is 5.82 Å². The van der Waals surface area contributed by atoms with Gasteiger partial charge in [-0.15, -0.1) is 0 Å². The zero-order valence-corrected chi connectivity index (χ0v) is 12.2. The number of nitrogens with one attached hydrogen (secondary N) is 2. The first kappa shape index (κ1) is 14.7. The van der Waals surface area contributed by atoms with Gasteiger partial charge in [0.15, 0.2) is 5.82 Å². The number of hydrogen-bond donors (Lipinski definition) is 2. The molecule has 0 spiro atoms. The van der Waals surface area contributed by atoms with E-state index in [2.05, 4.69) is 15.5 Å². The molecule has 2 aromatic carbocycles. The van der Waals surface area contributed by atoms with Crippen LogP contribution < -0.4 is 5.32 Å². The molecular weight excluding hydrogens is 322 g/mol. The largest absolute Gasteiger partial charge is 0.416 e. The van der Waals surface area contributed by atoms with Gasteiger partial charge in [-0.2, -0.15) is 18.3 Å². The van der Waals surface area contributed by atoms with Crippen LogP contribution in [0.2, 0.25) is 0 Å². The molecule has 2 N–H and O–H groups in total. The normalized spacial score (nSPS) is 12.8. The van der Waals surface area contributed by atoms with Crippen molar-refractivity contribution in [1.82, 2.24) is 10.2 Å². The predicted molar refractivity (Wildman–Crippen MR) is 81.5 cm³/mol. The minimum Gasteiger partial charge on any atom is -0.336 e. The van der Waals surface area contributed by atoms with E-state index < -0.39 is 17.6 Å². The van der Waals surface area contributed by atoms with Gasteiger partial charge in [0.25, 0.3) is 0 Å². The van der Waals surface area contributed by atoms with E-state index in [1.54, 1.807) is 0 Å². The molecule has 1 heterocycles. The Hall–Kier alpha value is -2.83. The van der Waals surface area contributed by atoms with Gasteiger partial charge in [-0.25, -0.2) is 4.39 Å². The molecule has 0 bridgehead atoms. The lowest BCUT2D eigenvalue weighted by Gasteiger charge is -2.11. The van der Waals surface area contributed by atoms with Crippen LogP contribution in [0.1, 0.15) is 16.7 Å². The molecule has 0 amide bonds. The summed E-state index contributed by atoms with van der Waals surface area (Å²) in [4.78, 5) is 0. The van der Waals surface area contributed by atoms with Crippen molar-refractivity contribution >= 4 is 11.5 Å². The van der Waals surface area contributed by atoms with E-state index in [9.17, 15) is 17.6 Å². The van der Waals surface area contributed by atoms with Crippen molar-refractivity contribution in [3.05, 3.63) is 65.0 Å². The minimum atomic E-state index is -4.53. The predicted octanol–water partition coefficient (Wildman–Crippen LogP) is 4.88. The molecule has 0 aliphatic heterocycles. The van der Waals surface area contributed by atoms with Crippen LogP contribution in [-0.2, 0) is 12.6 Å². The first-order chi connectivity index (χ1) is 11.4. The second-order valence-corrected chi connectivity index (χ2v) is 5.58. The SMILES string of the molecule is Fc1ccc(C(F)(F)F)cc1Nc1n[nH]c2c1Cc1ccccc1-2. The molecule has 1 aliphatic rings. The highest BCUT2D eigenvalue weighted by atomic mass is 19.4. The highest BCUT2D eigenvalue weighted by Gasteiger charge is 2.31. The van der Waals surface area contributed by atoms with Gasteiger partial charge >= 0.3 is 6.18 Å². The molecule has 3 aromatic rings. The molecule has 0 saturated heterocycles. The number of halogens is 4. The second-order valence-electron chi connectivity index (χ2n) is 5.58. The maximum absolute atomic E-state index is 13.9. The Morgan fingerprint density at radius 3 is 2.67 bits per heavy atom. The summed E-state index contributed by atoms with van der Waals surface area (Å²) in [5, 5.41) is 9.63. The molecule has 0 fully saturated rings. The average Bonchev–Trinajstić information content (AvgIpc) is 3.08. The van der Waals surface area contributed by atoms with Crippen LogP contribution >= 0.6 is 0 Å². The molecule has 122 valence electrons. The molecule has 24 heavy (non-hydrogen) atoms. The highest BCUT2D eigenvalue weighted by molar-refractivity contribution is 5.79.